The fraction of sp³-hybridized carbons (Fsp3) is 0.500. The molecule has 18 heavy (non-hydrogen) atoms. The maximum absolute atomic E-state index is 12.4. The molecule has 4 heteroatoms. The van der Waals surface area contributed by atoms with E-state index in [4.69, 9.17) is 0 Å². The van der Waals surface area contributed by atoms with E-state index in [2.05, 4.69) is 12.2 Å². The quantitative estimate of drug-likeness (QED) is 0.911. The van der Waals surface area contributed by atoms with Crippen LogP contribution in [-0.4, -0.2) is 37.0 Å². The number of hydrogen-bond acceptors (Lipinski definition) is 2. The van der Waals surface area contributed by atoms with Gasteiger partial charge in [-0.1, -0.05) is 25.1 Å². The van der Waals surface area contributed by atoms with Crippen LogP contribution in [0.2, 0.25) is 0 Å². The van der Waals surface area contributed by atoms with Crippen molar-refractivity contribution in [3.8, 4) is 0 Å². The summed E-state index contributed by atoms with van der Waals surface area (Å²) in [4.78, 5) is 14.3. The third kappa shape index (κ3) is 3.03. The molecule has 0 saturated carbocycles. The maximum atomic E-state index is 12.4. The van der Waals surface area contributed by atoms with Gasteiger partial charge in [0, 0.05) is 25.2 Å². The molecule has 0 unspecified atom stereocenters. The highest BCUT2D eigenvalue weighted by Crippen LogP contribution is 2.15. The first-order valence-corrected chi connectivity index (χ1v) is 6.29. The van der Waals surface area contributed by atoms with Crippen LogP contribution in [0.5, 0.6) is 0 Å². The number of amides is 1. The molecule has 2 rings (SSSR count). The second-order valence-electron chi connectivity index (χ2n) is 4.57. The van der Waals surface area contributed by atoms with Crippen LogP contribution in [0.1, 0.15) is 29.3 Å². The molecule has 3 nitrogen and oxygen atoms in total. The second-order valence-corrected chi connectivity index (χ2v) is 4.57. The zero-order chi connectivity index (χ0) is 12.3. The van der Waals surface area contributed by atoms with Crippen LogP contribution in [0.25, 0.3) is 0 Å². The molecule has 1 N–H and O–H groups in total. The first-order valence-electron chi connectivity index (χ1n) is 6.29. The van der Waals surface area contributed by atoms with Gasteiger partial charge in [-0.15, -0.1) is 12.4 Å². The fourth-order valence-electron chi connectivity index (χ4n) is 2.36. The summed E-state index contributed by atoms with van der Waals surface area (Å²) in [5.74, 6) is 0.149. The number of hydrogen-bond donors (Lipinski definition) is 1. The number of carbonyl (C=O) groups excluding carboxylic acids is 1. The van der Waals surface area contributed by atoms with Crippen LogP contribution in [0, 0.1) is 0 Å². The average Bonchev–Trinajstić information content (AvgIpc) is 2.90. The van der Waals surface area contributed by atoms with Crippen molar-refractivity contribution in [2.75, 3.05) is 20.1 Å². The molecule has 1 aliphatic rings. The first-order chi connectivity index (χ1) is 8.24. The first kappa shape index (κ1) is 15.0. The molecule has 1 fully saturated rings. The van der Waals surface area contributed by atoms with Crippen molar-refractivity contribution in [2.45, 2.75) is 25.8 Å². The molecule has 1 aromatic rings. The molecule has 0 radical (unpaired) electrons. The fourth-order valence-corrected chi connectivity index (χ4v) is 2.36. The summed E-state index contributed by atoms with van der Waals surface area (Å²) in [5, 5.41) is 3.29. The summed E-state index contributed by atoms with van der Waals surface area (Å²) in [5.41, 5.74) is 1.99. The largest absolute Gasteiger partial charge is 0.337 e. The highest BCUT2D eigenvalue weighted by atomic mass is 35.5. The molecule has 1 amide bonds. The van der Waals surface area contributed by atoms with Crippen molar-refractivity contribution in [1.29, 1.82) is 0 Å². The SMILES string of the molecule is CCc1ccccc1C(=O)N(C)[C@H]1CCNC1.Cl. The molecular weight excluding hydrogens is 248 g/mol. The Kier molecular flexibility index (Phi) is 5.63. The third-order valence-electron chi connectivity index (χ3n) is 3.53. The minimum atomic E-state index is 0. The molecule has 100 valence electrons. The van der Waals surface area contributed by atoms with E-state index in [1.54, 1.807) is 0 Å². The van der Waals surface area contributed by atoms with E-state index in [0.29, 0.717) is 6.04 Å². The Morgan fingerprint density at radius 2 is 2.17 bits per heavy atom. The van der Waals surface area contributed by atoms with E-state index in [0.717, 1.165) is 37.1 Å². The zero-order valence-electron chi connectivity index (χ0n) is 11.0. The molecule has 0 aromatic heterocycles. The smallest absolute Gasteiger partial charge is 0.254 e. The number of carbonyl (C=O) groups is 1. The Hall–Kier alpha value is -1.06. The number of nitrogens with zero attached hydrogens (tertiary/aromatic N) is 1. The van der Waals surface area contributed by atoms with Gasteiger partial charge in [-0.05, 0) is 31.0 Å². The Morgan fingerprint density at radius 1 is 1.44 bits per heavy atom. The molecule has 0 aliphatic carbocycles. The number of benzene rings is 1. The molecule has 1 atom stereocenters. The van der Waals surface area contributed by atoms with E-state index < -0.39 is 0 Å². The Labute approximate surface area is 115 Å². The number of rotatable bonds is 3. The summed E-state index contributed by atoms with van der Waals surface area (Å²) in [6.45, 7) is 4.01. The van der Waals surface area contributed by atoms with Gasteiger partial charge in [-0.3, -0.25) is 4.79 Å². The normalized spacial score (nSPS) is 18.2. The van der Waals surface area contributed by atoms with Crippen molar-refractivity contribution in [1.82, 2.24) is 10.2 Å². The number of likely N-dealkylation sites (N-methyl/N-ethyl adjacent to an activating group) is 1. The lowest BCUT2D eigenvalue weighted by atomic mass is 10.0. The lowest BCUT2D eigenvalue weighted by Gasteiger charge is -2.24. The topological polar surface area (TPSA) is 32.3 Å². The standard InChI is InChI=1S/C14H20N2O.ClH/c1-3-11-6-4-5-7-13(11)14(17)16(2)12-8-9-15-10-12;/h4-7,12,15H,3,8-10H2,1-2H3;1H/t12-;/m0./s1. The lowest BCUT2D eigenvalue weighted by molar-refractivity contribution is 0.0742. The second kappa shape index (κ2) is 6.76. The van der Waals surface area contributed by atoms with E-state index in [1.165, 1.54) is 0 Å². The van der Waals surface area contributed by atoms with Crippen molar-refractivity contribution in [3.63, 3.8) is 0 Å². The van der Waals surface area contributed by atoms with Crippen molar-refractivity contribution in [2.24, 2.45) is 0 Å². The van der Waals surface area contributed by atoms with Gasteiger partial charge in [0.25, 0.3) is 5.91 Å². The summed E-state index contributed by atoms with van der Waals surface area (Å²) in [6, 6.07) is 8.24. The van der Waals surface area contributed by atoms with Crippen LogP contribution in [0.3, 0.4) is 0 Å². The molecular formula is C14H21ClN2O. The Morgan fingerprint density at radius 3 is 2.78 bits per heavy atom. The van der Waals surface area contributed by atoms with Gasteiger partial charge < -0.3 is 10.2 Å². The Balaban J connectivity index is 0.00000162. The lowest BCUT2D eigenvalue weighted by Crippen LogP contribution is -2.38. The van der Waals surface area contributed by atoms with E-state index >= 15 is 0 Å². The van der Waals surface area contributed by atoms with E-state index in [9.17, 15) is 4.79 Å². The molecule has 1 saturated heterocycles. The minimum absolute atomic E-state index is 0. The van der Waals surface area contributed by atoms with Crippen molar-refractivity contribution in [3.05, 3.63) is 35.4 Å². The van der Waals surface area contributed by atoms with Gasteiger partial charge in [-0.2, -0.15) is 0 Å². The molecule has 1 aliphatic heterocycles. The number of aryl methyl sites for hydroxylation is 1. The number of nitrogens with one attached hydrogen (secondary N) is 1. The molecule has 0 spiro atoms. The molecule has 1 heterocycles. The van der Waals surface area contributed by atoms with Crippen LogP contribution in [-0.2, 0) is 6.42 Å². The predicted molar refractivity (Wildman–Crippen MR) is 76.4 cm³/mol. The van der Waals surface area contributed by atoms with Crippen LogP contribution in [0.15, 0.2) is 24.3 Å². The summed E-state index contributed by atoms with van der Waals surface area (Å²) in [6.07, 6.45) is 1.95. The average molecular weight is 269 g/mol. The number of halogens is 1. The predicted octanol–water partition coefficient (Wildman–Crippen LogP) is 2.10. The molecule has 1 aromatic carbocycles. The van der Waals surface area contributed by atoms with Gasteiger partial charge >= 0.3 is 0 Å². The summed E-state index contributed by atoms with van der Waals surface area (Å²) >= 11 is 0. The van der Waals surface area contributed by atoms with Crippen LogP contribution < -0.4 is 5.32 Å². The van der Waals surface area contributed by atoms with Crippen molar-refractivity contribution < 1.29 is 4.79 Å². The van der Waals surface area contributed by atoms with Gasteiger partial charge in [0.1, 0.15) is 0 Å². The van der Waals surface area contributed by atoms with E-state index in [1.807, 2.05) is 36.2 Å². The van der Waals surface area contributed by atoms with E-state index in [-0.39, 0.29) is 18.3 Å². The zero-order valence-corrected chi connectivity index (χ0v) is 11.8. The maximum Gasteiger partial charge on any atom is 0.254 e. The monoisotopic (exact) mass is 268 g/mol. The summed E-state index contributed by atoms with van der Waals surface area (Å²) < 4.78 is 0. The van der Waals surface area contributed by atoms with Gasteiger partial charge in [0.2, 0.25) is 0 Å². The minimum Gasteiger partial charge on any atom is -0.337 e. The summed E-state index contributed by atoms with van der Waals surface area (Å²) in [7, 11) is 1.91. The Bertz CT molecular complexity index is 403. The van der Waals surface area contributed by atoms with Gasteiger partial charge in [0.15, 0.2) is 0 Å². The van der Waals surface area contributed by atoms with Crippen molar-refractivity contribution >= 4 is 18.3 Å². The highest BCUT2D eigenvalue weighted by Gasteiger charge is 2.24. The van der Waals surface area contributed by atoms with Gasteiger partial charge in [0.05, 0.1) is 0 Å². The highest BCUT2D eigenvalue weighted by molar-refractivity contribution is 5.95. The van der Waals surface area contributed by atoms with Crippen LogP contribution >= 0.6 is 12.4 Å². The van der Waals surface area contributed by atoms with Crippen LogP contribution in [0.4, 0.5) is 0 Å². The third-order valence-corrected chi connectivity index (χ3v) is 3.53. The molecule has 0 bridgehead atoms. The van der Waals surface area contributed by atoms with Gasteiger partial charge in [-0.25, -0.2) is 0 Å².